The summed E-state index contributed by atoms with van der Waals surface area (Å²) in [6.07, 6.45) is 0. The van der Waals surface area contributed by atoms with Crippen LogP contribution >= 0.6 is 0 Å². The van der Waals surface area contributed by atoms with E-state index < -0.39 is 0 Å². The van der Waals surface area contributed by atoms with Gasteiger partial charge in [0, 0.05) is 12.1 Å². The van der Waals surface area contributed by atoms with E-state index >= 15 is 0 Å². The zero-order valence-corrected chi connectivity index (χ0v) is 8.36. The van der Waals surface area contributed by atoms with E-state index in [4.69, 9.17) is 0 Å². The van der Waals surface area contributed by atoms with E-state index in [-0.39, 0.29) is 5.91 Å². The van der Waals surface area contributed by atoms with Crippen molar-refractivity contribution in [3.63, 3.8) is 0 Å². The number of hydrogen-bond acceptors (Lipinski definition) is 3. The molecule has 0 unspecified atom stereocenters. The van der Waals surface area contributed by atoms with Crippen molar-refractivity contribution >= 4 is 11.7 Å². The highest BCUT2D eigenvalue weighted by Crippen LogP contribution is 1.97. The van der Waals surface area contributed by atoms with E-state index in [1.807, 2.05) is 18.2 Å². The first-order valence-corrected chi connectivity index (χ1v) is 4.97. The molecule has 0 saturated carbocycles. The predicted molar refractivity (Wildman–Crippen MR) is 59.1 cm³/mol. The first kappa shape index (κ1) is 9.71. The molecule has 0 aliphatic carbocycles. The number of nitrogens with zero attached hydrogens (tertiary/aromatic N) is 1. The van der Waals surface area contributed by atoms with Gasteiger partial charge in [0.05, 0.1) is 13.1 Å². The van der Waals surface area contributed by atoms with E-state index in [2.05, 4.69) is 15.6 Å². The average Bonchev–Trinajstić information content (AvgIpc) is 2.80. The summed E-state index contributed by atoms with van der Waals surface area (Å²) in [5, 5.41) is 5.91. The summed E-state index contributed by atoms with van der Waals surface area (Å²) in [7, 11) is 0. The van der Waals surface area contributed by atoms with E-state index in [1.165, 1.54) is 0 Å². The molecule has 0 bridgehead atoms. The fourth-order valence-corrected chi connectivity index (χ4v) is 1.42. The quantitative estimate of drug-likeness (QED) is 0.748. The Labute approximate surface area is 88.4 Å². The highest BCUT2D eigenvalue weighted by Gasteiger charge is 2.07. The van der Waals surface area contributed by atoms with Crippen LogP contribution in [0, 0.1) is 0 Å². The Morgan fingerprint density at radius 2 is 2.20 bits per heavy atom. The molecule has 1 aromatic carbocycles. The summed E-state index contributed by atoms with van der Waals surface area (Å²) >= 11 is 0. The van der Waals surface area contributed by atoms with Crippen molar-refractivity contribution in [1.82, 2.24) is 10.6 Å². The molecule has 1 heterocycles. The number of carbonyl (C=O) groups is 1. The van der Waals surface area contributed by atoms with Crippen molar-refractivity contribution in [2.45, 2.75) is 0 Å². The number of aliphatic imine (C=N–C) groups is 1. The normalized spacial score (nSPS) is 14.3. The molecule has 1 aliphatic heterocycles. The largest absolute Gasteiger partial charge is 0.370 e. The summed E-state index contributed by atoms with van der Waals surface area (Å²) < 4.78 is 0. The van der Waals surface area contributed by atoms with Crippen molar-refractivity contribution in [3.05, 3.63) is 35.9 Å². The van der Waals surface area contributed by atoms with Gasteiger partial charge in [0.1, 0.15) is 5.84 Å². The lowest BCUT2D eigenvalue weighted by Gasteiger charge is -2.05. The second-order valence-corrected chi connectivity index (χ2v) is 3.30. The molecule has 0 spiro atoms. The minimum absolute atomic E-state index is 0.0630. The summed E-state index contributed by atoms with van der Waals surface area (Å²) in [5.74, 6) is 0.797. The molecule has 78 valence electrons. The molecule has 1 amide bonds. The van der Waals surface area contributed by atoms with Crippen LogP contribution in [0.4, 0.5) is 0 Å². The fourth-order valence-electron chi connectivity index (χ4n) is 1.42. The number of carbonyl (C=O) groups excluding carboxylic acids is 1. The molecular weight excluding hydrogens is 190 g/mol. The second-order valence-electron chi connectivity index (χ2n) is 3.30. The predicted octanol–water partition coefficient (Wildman–Crippen LogP) is 0.418. The Kier molecular flexibility index (Phi) is 2.97. The van der Waals surface area contributed by atoms with Crippen molar-refractivity contribution < 1.29 is 4.79 Å². The molecule has 0 radical (unpaired) electrons. The van der Waals surface area contributed by atoms with Gasteiger partial charge in [-0.05, 0) is 12.1 Å². The monoisotopic (exact) mass is 203 g/mol. The first-order chi connectivity index (χ1) is 7.36. The molecule has 0 fully saturated rings. The Bertz CT molecular complexity index is 373. The summed E-state index contributed by atoms with van der Waals surface area (Å²) in [6, 6.07) is 9.17. The molecule has 1 aliphatic rings. The van der Waals surface area contributed by atoms with Crippen LogP contribution in [0.5, 0.6) is 0 Å². The van der Waals surface area contributed by atoms with E-state index in [9.17, 15) is 4.79 Å². The Morgan fingerprint density at radius 1 is 1.40 bits per heavy atom. The minimum atomic E-state index is -0.0630. The first-order valence-electron chi connectivity index (χ1n) is 4.97. The number of hydrogen-bond donors (Lipinski definition) is 2. The van der Waals surface area contributed by atoms with Gasteiger partial charge in [-0.3, -0.25) is 9.79 Å². The molecule has 0 atom stereocenters. The molecule has 2 rings (SSSR count). The highest BCUT2D eigenvalue weighted by atomic mass is 16.1. The van der Waals surface area contributed by atoms with Crippen LogP contribution in [-0.4, -0.2) is 31.4 Å². The van der Waals surface area contributed by atoms with Gasteiger partial charge in [0.2, 0.25) is 0 Å². The van der Waals surface area contributed by atoms with Crippen molar-refractivity contribution in [3.8, 4) is 0 Å². The molecular formula is C11H13N3O. The number of amides is 1. The van der Waals surface area contributed by atoms with Crippen LogP contribution in [0.2, 0.25) is 0 Å². The average molecular weight is 203 g/mol. The maximum Gasteiger partial charge on any atom is 0.251 e. The topological polar surface area (TPSA) is 53.5 Å². The molecule has 0 aromatic heterocycles. The zero-order chi connectivity index (χ0) is 10.5. The number of rotatable bonds is 3. The third-order valence-electron chi connectivity index (χ3n) is 2.20. The van der Waals surface area contributed by atoms with Crippen molar-refractivity contribution in [2.75, 3.05) is 19.6 Å². The molecule has 0 saturated heterocycles. The van der Waals surface area contributed by atoms with E-state index in [0.29, 0.717) is 12.1 Å². The summed E-state index contributed by atoms with van der Waals surface area (Å²) in [6.45, 7) is 2.15. The van der Waals surface area contributed by atoms with Crippen molar-refractivity contribution in [1.29, 1.82) is 0 Å². The lowest BCUT2D eigenvalue weighted by Crippen LogP contribution is -2.34. The molecule has 2 N–H and O–H groups in total. The smallest absolute Gasteiger partial charge is 0.251 e. The van der Waals surface area contributed by atoms with Gasteiger partial charge >= 0.3 is 0 Å². The molecule has 4 heteroatoms. The van der Waals surface area contributed by atoms with Crippen LogP contribution in [0.25, 0.3) is 0 Å². The van der Waals surface area contributed by atoms with Gasteiger partial charge in [0.25, 0.3) is 5.91 Å². The fraction of sp³-hybridized carbons (Fsp3) is 0.273. The SMILES string of the molecule is O=C(NCC1=NCCN1)c1ccccc1. The Balaban J connectivity index is 1.87. The number of nitrogens with one attached hydrogen (secondary N) is 2. The van der Waals surface area contributed by atoms with Gasteiger partial charge in [-0.15, -0.1) is 0 Å². The molecule has 1 aromatic rings. The second kappa shape index (κ2) is 4.59. The van der Waals surface area contributed by atoms with Crippen LogP contribution in [-0.2, 0) is 0 Å². The van der Waals surface area contributed by atoms with Crippen LogP contribution in [0.15, 0.2) is 35.3 Å². The lowest BCUT2D eigenvalue weighted by molar-refractivity contribution is 0.0959. The third kappa shape index (κ3) is 2.56. The third-order valence-corrected chi connectivity index (χ3v) is 2.20. The summed E-state index contributed by atoms with van der Waals surface area (Å²) in [4.78, 5) is 15.8. The zero-order valence-electron chi connectivity index (χ0n) is 8.36. The van der Waals surface area contributed by atoms with Gasteiger partial charge in [-0.25, -0.2) is 0 Å². The minimum Gasteiger partial charge on any atom is -0.370 e. The van der Waals surface area contributed by atoms with Crippen LogP contribution in [0.3, 0.4) is 0 Å². The maximum absolute atomic E-state index is 11.6. The number of benzene rings is 1. The summed E-state index contributed by atoms with van der Waals surface area (Å²) in [5.41, 5.74) is 0.677. The van der Waals surface area contributed by atoms with Crippen LogP contribution < -0.4 is 10.6 Å². The molecule has 4 nitrogen and oxygen atoms in total. The van der Waals surface area contributed by atoms with E-state index in [0.717, 1.165) is 18.9 Å². The lowest BCUT2D eigenvalue weighted by atomic mass is 10.2. The highest BCUT2D eigenvalue weighted by molar-refractivity contribution is 5.97. The van der Waals surface area contributed by atoms with Gasteiger partial charge < -0.3 is 10.6 Å². The molecule has 15 heavy (non-hydrogen) atoms. The van der Waals surface area contributed by atoms with Gasteiger partial charge in [-0.1, -0.05) is 18.2 Å². The Morgan fingerprint density at radius 3 is 2.87 bits per heavy atom. The van der Waals surface area contributed by atoms with Gasteiger partial charge in [0.15, 0.2) is 0 Å². The number of amidine groups is 1. The van der Waals surface area contributed by atoms with Crippen LogP contribution in [0.1, 0.15) is 10.4 Å². The maximum atomic E-state index is 11.6. The van der Waals surface area contributed by atoms with Crippen molar-refractivity contribution in [2.24, 2.45) is 4.99 Å². The Hall–Kier alpha value is -1.84. The van der Waals surface area contributed by atoms with E-state index in [1.54, 1.807) is 12.1 Å². The standard InChI is InChI=1S/C11H13N3O/c15-11(9-4-2-1-3-5-9)14-8-10-12-6-7-13-10/h1-5H,6-8H2,(H,12,13)(H,14,15). The van der Waals surface area contributed by atoms with Gasteiger partial charge in [-0.2, -0.15) is 0 Å².